The molecular formula is C20H32N6O. The predicted octanol–water partition coefficient (Wildman–Crippen LogP) is 2.60. The highest BCUT2D eigenvalue weighted by atomic mass is 16.5. The standard InChI is InChI=1S/C20H32N6O/c1-4-6-7-19(25-14-12-24(5-2)13-15-25)20-21-22-23-26(20)16-17-8-10-18(27-3)11-9-17/h8-11,19H,4-7,12-16H2,1-3H3/t19-/m0/s1. The van der Waals surface area contributed by atoms with E-state index in [4.69, 9.17) is 4.74 Å². The Labute approximate surface area is 162 Å². The molecule has 0 bridgehead atoms. The Kier molecular flexibility index (Phi) is 7.18. The molecule has 2 heterocycles. The molecule has 7 nitrogen and oxygen atoms in total. The number of methoxy groups -OCH3 is 1. The van der Waals surface area contributed by atoms with Crippen LogP contribution in [0.1, 0.15) is 50.5 Å². The van der Waals surface area contributed by atoms with Crippen molar-refractivity contribution in [3.05, 3.63) is 35.7 Å². The second kappa shape index (κ2) is 9.80. The SMILES string of the molecule is CCCC[C@@H](c1nnnn1Cc1ccc(OC)cc1)N1CCN(CC)CC1. The first-order valence-electron chi connectivity index (χ1n) is 10.1. The minimum Gasteiger partial charge on any atom is -0.497 e. The highest BCUT2D eigenvalue weighted by molar-refractivity contribution is 5.27. The number of unbranched alkanes of at least 4 members (excludes halogenated alkanes) is 1. The normalized spacial score (nSPS) is 17.1. The van der Waals surface area contributed by atoms with Crippen molar-refractivity contribution in [2.75, 3.05) is 39.8 Å². The van der Waals surface area contributed by atoms with Crippen LogP contribution in [0, 0.1) is 0 Å². The molecule has 0 saturated carbocycles. The van der Waals surface area contributed by atoms with Gasteiger partial charge in [0.25, 0.3) is 0 Å². The molecule has 1 aliphatic heterocycles. The topological polar surface area (TPSA) is 59.3 Å². The molecule has 1 aromatic heterocycles. The van der Waals surface area contributed by atoms with Crippen LogP contribution < -0.4 is 4.74 Å². The molecule has 0 amide bonds. The van der Waals surface area contributed by atoms with E-state index in [-0.39, 0.29) is 6.04 Å². The van der Waals surface area contributed by atoms with Gasteiger partial charge in [0.2, 0.25) is 0 Å². The maximum absolute atomic E-state index is 5.25. The maximum Gasteiger partial charge on any atom is 0.168 e. The molecular weight excluding hydrogens is 340 g/mol. The largest absolute Gasteiger partial charge is 0.497 e. The summed E-state index contributed by atoms with van der Waals surface area (Å²) in [4.78, 5) is 5.08. The third-order valence-electron chi connectivity index (χ3n) is 5.48. The Morgan fingerprint density at radius 2 is 1.81 bits per heavy atom. The summed E-state index contributed by atoms with van der Waals surface area (Å²) in [6.07, 6.45) is 3.48. The first kappa shape index (κ1) is 19.8. The number of hydrogen-bond donors (Lipinski definition) is 0. The van der Waals surface area contributed by atoms with Crippen LogP contribution in [0.2, 0.25) is 0 Å². The second-order valence-corrected chi connectivity index (χ2v) is 7.17. The number of nitrogens with zero attached hydrogens (tertiary/aromatic N) is 6. The van der Waals surface area contributed by atoms with Crippen LogP contribution in [0.3, 0.4) is 0 Å². The van der Waals surface area contributed by atoms with Crippen LogP contribution >= 0.6 is 0 Å². The Balaban J connectivity index is 1.75. The summed E-state index contributed by atoms with van der Waals surface area (Å²) in [7, 11) is 1.69. The Bertz CT molecular complexity index is 678. The van der Waals surface area contributed by atoms with Crippen molar-refractivity contribution in [1.29, 1.82) is 0 Å². The Morgan fingerprint density at radius 1 is 1.07 bits per heavy atom. The average Bonchev–Trinajstić information content (AvgIpc) is 3.17. The van der Waals surface area contributed by atoms with E-state index < -0.39 is 0 Å². The van der Waals surface area contributed by atoms with Gasteiger partial charge in [0.05, 0.1) is 19.7 Å². The smallest absolute Gasteiger partial charge is 0.168 e. The lowest BCUT2D eigenvalue weighted by Crippen LogP contribution is -2.47. The number of ether oxygens (including phenoxy) is 1. The first-order valence-corrected chi connectivity index (χ1v) is 10.1. The van der Waals surface area contributed by atoms with Gasteiger partial charge in [-0.3, -0.25) is 4.90 Å². The van der Waals surface area contributed by atoms with E-state index in [0.29, 0.717) is 6.54 Å². The monoisotopic (exact) mass is 372 g/mol. The number of likely N-dealkylation sites (N-methyl/N-ethyl adjacent to an activating group) is 1. The number of benzene rings is 1. The molecule has 0 unspecified atom stereocenters. The average molecular weight is 373 g/mol. The summed E-state index contributed by atoms with van der Waals surface area (Å²) in [5.41, 5.74) is 1.18. The van der Waals surface area contributed by atoms with Gasteiger partial charge in [-0.2, -0.15) is 0 Å². The molecule has 3 rings (SSSR count). The van der Waals surface area contributed by atoms with Crippen LogP contribution in [0.15, 0.2) is 24.3 Å². The molecule has 148 valence electrons. The Morgan fingerprint density at radius 3 is 2.44 bits per heavy atom. The molecule has 1 aromatic carbocycles. The zero-order chi connectivity index (χ0) is 19.1. The maximum atomic E-state index is 5.25. The molecule has 0 aliphatic carbocycles. The first-order chi connectivity index (χ1) is 13.2. The van der Waals surface area contributed by atoms with Crippen LogP contribution in [0.25, 0.3) is 0 Å². The van der Waals surface area contributed by atoms with Gasteiger partial charge in [-0.25, -0.2) is 4.68 Å². The number of hydrogen-bond acceptors (Lipinski definition) is 6. The van der Waals surface area contributed by atoms with Crippen molar-refractivity contribution in [3.63, 3.8) is 0 Å². The van der Waals surface area contributed by atoms with E-state index in [0.717, 1.165) is 50.7 Å². The van der Waals surface area contributed by atoms with Crippen LogP contribution in [-0.2, 0) is 6.54 Å². The fourth-order valence-electron chi connectivity index (χ4n) is 3.73. The van der Waals surface area contributed by atoms with E-state index >= 15 is 0 Å². The van der Waals surface area contributed by atoms with Crippen molar-refractivity contribution in [1.82, 2.24) is 30.0 Å². The minimum absolute atomic E-state index is 0.289. The van der Waals surface area contributed by atoms with Crippen molar-refractivity contribution in [3.8, 4) is 5.75 Å². The van der Waals surface area contributed by atoms with Crippen molar-refractivity contribution >= 4 is 0 Å². The predicted molar refractivity (Wildman–Crippen MR) is 106 cm³/mol. The summed E-state index contributed by atoms with van der Waals surface area (Å²) in [5.74, 6) is 1.86. The third kappa shape index (κ3) is 5.05. The van der Waals surface area contributed by atoms with E-state index in [1.54, 1.807) is 7.11 Å². The van der Waals surface area contributed by atoms with Gasteiger partial charge in [-0.05, 0) is 41.1 Å². The Hall–Kier alpha value is -1.99. The summed E-state index contributed by atoms with van der Waals surface area (Å²) in [6.45, 7) is 10.7. The van der Waals surface area contributed by atoms with Gasteiger partial charge >= 0.3 is 0 Å². The summed E-state index contributed by atoms with van der Waals surface area (Å²) in [6, 6.07) is 8.41. The second-order valence-electron chi connectivity index (χ2n) is 7.17. The molecule has 0 N–H and O–H groups in total. The molecule has 2 aromatic rings. The van der Waals surface area contributed by atoms with E-state index in [1.165, 1.54) is 18.4 Å². The van der Waals surface area contributed by atoms with E-state index in [9.17, 15) is 0 Å². The van der Waals surface area contributed by atoms with Crippen LogP contribution in [0.5, 0.6) is 5.75 Å². The quantitative estimate of drug-likeness (QED) is 0.674. The van der Waals surface area contributed by atoms with Crippen molar-refractivity contribution < 1.29 is 4.74 Å². The minimum atomic E-state index is 0.289. The molecule has 0 radical (unpaired) electrons. The lowest BCUT2D eigenvalue weighted by atomic mass is 10.1. The molecule has 0 spiro atoms. The molecule has 1 aliphatic rings. The molecule has 1 fully saturated rings. The fourth-order valence-corrected chi connectivity index (χ4v) is 3.73. The van der Waals surface area contributed by atoms with Gasteiger partial charge in [0, 0.05) is 26.2 Å². The van der Waals surface area contributed by atoms with Crippen molar-refractivity contribution in [2.45, 2.75) is 45.7 Å². The van der Waals surface area contributed by atoms with Gasteiger partial charge in [-0.1, -0.05) is 38.8 Å². The fraction of sp³-hybridized carbons (Fsp3) is 0.650. The van der Waals surface area contributed by atoms with Gasteiger partial charge in [0.15, 0.2) is 5.82 Å². The zero-order valence-electron chi connectivity index (χ0n) is 16.8. The molecule has 1 atom stereocenters. The lowest BCUT2D eigenvalue weighted by Gasteiger charge is -2.38. The van der Waals surface area contributed by atoms with Gasteiger partial charge in [-0.15, -0.1) is 5.10 Å². The number of rotatable bonds is 9. The summed E-state index contributed by atoms with van der Waals surface area (Å²) >= 11 is 0. The van der Waals surface area contributed by atoms with Crippen LogP contribution in [-0.4, -0.2) is 69.8 Å². The molecule has 1 saturated heterocycles. The zero-order valence-corrected chi connectivity index (χ0v) is 16.8. The number of aromatic nitrogens is 4. The lowest BCUT2D eigenvalue weighted by molar-refractivity contribution is 0.0882. The summed E-state index contributed by atoms with van der Waals surface area (Å²) in [5, 5.41) is 12.7. The van der Waals surface area contributed by atoms with Crippen molar-refractivity contribution in [2.24, 2.45) is 0 Å². The van der Waals surface area contributed by atoms with E-state index in [1.807, 2.05) is 16.8 Å². The van der Waals surface area contributed by atoms with Crippen LogP contribution in [0.4, 0.5) is 0 Å². The molecule has 27 heavy (non-hydrogen) atoms. The van der Waals surface area contributed by atoms with Gasteiger partial charge in [0.1, 0.15) is 5.75 Å². The van der Waals surface area contributed by atoms with Gasteiger partial charge < -0.3 is 9.64 Å². The number of piperazine rings is 1. The number of tetrazole rings is 1. The summed E-state index contributed by atoms with van der Waals surface area (Å²) < 4.78 is 7.22. The highest BCUT2D eigenvalue weighted by Crippen LogP contribution is 2.26. The van der Waals surface area contributed by atoms with E-state index in [2.05, 4.69) is 51.3 Å². The highest BCUT2D eigenvalue weighted by Gasteiger charge is 2.28. The molecule has 7 heteroatoms. The third-order valence-corrected chi connectivity index (χ3v) is 5.48.